The van der Waals surface area contributed by atoms with Gasteiger partial charge in [0, 0.05) is 5.69 Å². The number of nitriles is 2. The fraction of sp³-hybridized carbons (Fsp3) is 0.150. The fourth-order valence-corrected chi connectivity index (χ4v) is 3.69. The van der Waals surface area contributed by atoms with E-state index < -0.39 is 5.91 Å². The third-order valence-corrected chi connectivity index (χ3v) is 4.78. The van der Waals surface area contributed by atoms with E-state index in [1.54, 1.807) is 24.3 Å². The Morgan fingerprint density at radius 3 is 2.33 bits per heavy atom. The van der Waals surface area contributed by atoms with Crippen LogP contribution in [0.4, 0.5) is 5.69 Å². The number of carbonyl (C=O) groups excluding carboxylic acids is 1. The van der Waals surface area contributed by atoms with Crippen LogP contribution in [0.3, 0.4) is 0 Å². The highest BCUT2D eigenvalue weighted by Gasteiger charge is 2.12. The molecule has 1 N–H and O–H groups in total. The van der Waals surface area contributed by atoms with Crippen LogP contribution in [0.2, 0.25) is 0 Å². The van der Waals surface area contributed by atoms with E-state index in [4.69, 9.17) is 10.00 Å². The summed E-state index contributed by atoms with van der Waals surface area (Å²) in [6.07, 6.45) is 2.40. The number of rotatable bonds is 6. The number of hydrogen-bond donors (Lipinski definition) is 1. The number of nitrogens with one attached hydrogen (secondary N) is 1. The summed E-state index contributed by atoms with van der Waals surface area (Å²) in [5.74, 6) is -0.00789. The van der Waals surface area contributed by atoms with E-state index in [-0.39, 0.29) is 12.2 Å². The Morgan fingerprint density at radius 1 is 1.19 bits per heavy atom. The van der Waals surface area contributed by atoms with Crippen LogP contribution in [0.5, 0.6) is 5.75 Å². The van der Waals surface area contributed by atoms with Crippen LogP contribution in [0.25, 0.3) is 6.08 Å². The summed E-state index contributed by atoms with van der Waals surface area (Å²) in [7, 11) is 0. The molecule has 0 aliphatic rings. The lowest BCUT2D eigenvalue weighted by molar-refractivity contribution is -0.112. The Balaban J connectivity index is 2.23. The molecule has 0 bridgehead atoms. The van der Waals surface area contributed by atoms with Gasteiger partial charge in [-0.3, -0.25) is 4.79 Å². The third kappa shape index (κ3) is 5.68. The van der Waals surface area contributed by atoms with Crippen molar-refractivity contribution in [1.82, 2.24) is 0 Å². The molecule has 5 nitrogen and oxygen atoms in total. The zero-order valence-corrected chi connectivity index (χ0v) is 17.6. The Kier molecular flexibility index (Phi) is 7.60. The summed E-state index contributed by atoms with van der Waals surface area (Å²) < 4.78 is 6.53. The maximum atomic E-state index is 12.4. The van der Waals surface area contributed by atoms with Gasteiger partial charge in [0.05, 0.1) is 8.95 Å². The van der Waals surface area contributed by atoms with Crippen molar-refractivity contribution in [3.8, 4) is 17.9 Å². The van der Waals surface area contributed by atoms with E-state index in [0.717, 1.165) is 12.0 Å². The number of carbonyl (C=O) groups is 1. The van der Waals surface area contributed by atoms with Crippen LogP contribution in [-0.4, -0.2) is 12.5 Å². The van der Waals surface area contributed by atoms with Crippen molar-refractivity contribution in [1.29, 1.82) is 10.5 Å². The Hall–Kier alpha value is -2.61. The number of anilines is 1. The van der Waals surface area contributed by atoms with E-state index in [2.05, 4.69) is 44.1 Å². The van der Waals surface area contributed by atoms with E-state index in [1.165, 1.54) is 6.08 Å². The first-order valence-electron chi connectivity index (χ1n) is 7.99. The van der Waals surface area contributed by atoms with Gasteiger partial charge in [-0.05, 0) is 79.7 Å². The molecule has 0 heterocycles. The van der Waals surface area contributed by atoms with Gasteiger partial charge in [-0.1, -0.05) is 19.1 Å². The monoisotopic (exact) mass is 487 g/mol. The maximum Gasteiger partial charge on any atom is 0.266 e. The molecule has 0 spiro atoms. The molecule has 0 fully saturated rings. The minimum Gasteiger partial charge on any atom is -0.476 e. The van der Waals surface area contributed by atoms with Crippen molar-refractivity contribution in [2.24, 2.45) is 0 Å². The number of halogens is 2. The molecule has 0 unspecified atom stereocenters. The average molecular weight is 489 g/mol. The lowest BCUT2D eigenvalue weighted by Crippen LogP contribution is -2.13. The molecule has 27 heavy (non-hydrogen) atoms. The molecular formula is C20H15Br2N3O2. The first kappa shape index (κ1) is 20.7. The van der Waals surface area contributed by atoms with Crippen molar-refractivity contribution in [2.75, 3.05) is 11.9 Å². The second-order valence-corrected chi connectivity index (χ2v) is 7.14. The van der Waals surface area contributed by atoms with Crippen molar-refractivity contribution in [3.63, 3.8) is 0 Å². The van der Waals surface area contributed by atoms with Crippen molar-refractivity contribution in [2.45, 2.75) is 13.3 Å². The highest BCUT2D eigenvalue weighted by atomic mass is 79.9. The highest BCUT2D eigenvalue weighted by molar-refractivity contribution is 9.11. The van der Waals surface area contributed by atoms with Gasteiger partial charge < -0.3 is 10.1 Å². The van der Waals surface area contributed by atoms with Crippen molar-refractivity contribution in [3.05, 3.63) is 62.0 Å². The molecule has 0 saturated carbocycles. The minimum atomic E-state index is -0.487. The number of amides is 1. The third-order valence-electron chi connectivity index (χ3n) is 3.60. The second kappa shape index (κ2) is 9.91. The lowest BCUT2D eigenvalue weighted by Gasteiger charge is -2.09. The average Bonchev–Trinajstić information content (AvgIpc) is 2.66. The van der Waals surface area contributed by atoms with Gasteiger partial charge in [0.2, 0.25) is 0 Å². The molecular weight excluding hydrogens is 474 g/mol. The molecule has 0 aliphatic carbocycles. The van der Waals surface area contributed by atoms with Gasteiger partial charge in [0.1, 0.15) is 23.5 Å². The first-order chi connectivity index (χ1) is 13.0. The molecule has 1 amide bonds. The summed E-state index contributed by atoms with van der Waals surface area (Å²) >= 11 is 6.73. The summed E-state index contributed by atoms with van der Waals surface area (Å²) in [5.41, 5.74) is 2.39. The van der Waals surface area contributed by atoms with Gasteiger partial charge >= 0.3 is 0 Å². The first-order valence-corrected chi connectivity index (χ1v) is 9.58. The van der Waals surface area contributed by atoms with Gasteiger partial charge in [0.25, 0.3) is 5.91 Å². The summed E-state index contributed by atoms with van der Waals surface area (Å²) in [6.45, 7) is 1.96. The quantitative estimate of drug-likeness (QED) is 0.446. The van der Waals surface area contributed by atoms with Gasteiger partial charge in [-0.15, -0.1) is 0 Å². The molecule has 2 aromatic carbocycles. The molecule has 0 aliphatic heterocycles. The lowest BCUT2D eigenvalue weighted by atomic mass is 10.1. The van der Waals surface area contributed by atoms with Crippen LogP contribution in [-0.2, 0) is 11.2 Å². The highest BCUT2D eigenvalue weighted by Crippen LogP contribution is 2.35. The van der Waals surface area contributed by atoms with Crippen molar-refractivity contribution < 1.29 is 9.53 Å². The number of benzene rings is 2. The van der Waals surface area contributed by atoms with Gasteiger partial charge in [-0.25, -0.2) is 0 Å². The Morgan fingerprint density at radius 2 is 1.81 bits per heavy atom. The van der Waals surface area contributed by atoms with Crippen LogP contribution in [0, 0.1) is 22.7 Å². The van der Waals surface area contributed by atoms with Crippen molar-refractivity contribution >= 4 is 49.5 Å². The van der Waals surface area contributed by atoms with Crippen LogP contribution >= 0.6 is 31.9 Å². The molecule has 2 aromatic rings. The standard InChI is InChI=1S/C20H15Br2N3O2/c1-2-13-3-5-16(6-4-13)25-20(26)15(12-24)9-14-10-17(21)19(18(22)11-14)27-8-7-23/h3-6,9-11H,2,8H2,1H3,(H,25,26)/b15-9+. The number of ether oxygens (including phenoxy) is 1. The summed E-state index contributed by atoms with van der Waals surface area (Å²) in [6, 6.07) is 14.7. The molecule has 2 rings (SSSR count). The maximum absolute atomic E-state index is 12.4. The summed E-state index contributed by atoms with van der Waals surface area (Å²) in [5, 5.41) is 20.7. The second-order valence-electron chi connectivity index (χ2n) is 5.43. The van der Waals surface area contributed by atoms with E-state index >= 15 is 0 Å². The van der Waals surface area contributed by atoms with Crippen LogP contribution < -0.4 is 10.1 Å². The zero-order valence-electron chi connectivity index (χ0n) is 14.4. The Bertz CT molecular complexity index is 932. The van der Waals surface area contributed by atoms with Crippen LogP contribution in [0.15, 0.2) is 50.9 Å². The van der Waals surface area contributed by atoms with Gasteiger partial charge in [0.15, 0.2) is 6.61 Å². The van der Waals surface area contributed by atoms with Gasteiger partial charge in [-0.2, -0.15) is 10.5 Å². The van der Waals surface area contributed by atoms with E-state index in [9.17, 15) is 10.1 Å². The van der Waals surface area contributed by atoms with E-state index in [0.29, 0.717) is 25.9 Å². The molecule has 0 aromatic heterocycles. The van der Waals surface area contributed by atoms with E-state index in [1.807, 2.05) is 24.3 Å². The Labute approximate surface area is 174 Å². The largest absolute Gasteiger partial charge is 0.476 e. The molecule has 0 saturated heterocycles. The zero-order chi connectivity index (χ0) is 19.8. The number of hydrogen-bond acceptors (Lipinski definition) is 4. The smallest absolute Gasteiger partial charge is 0.266 e. The molecule has 7 heteroatoms. The number of aryl methyl sites for hydroxylation is 1. The fourth-order valence-electron chi connectivity index (χ4n) is 2.24. The molecule has 136 valence electrons. The molecule has 0 radical (unpaired) electrons. The predicted molar refractivity (Wildman–Crippen MR) is 111 cm³/mol. The number of nitrogens with zero attached hydrogens (tertiary/aromatic N) is 2. The predicted octanol–water partition coefficient (Wildman–Crippen LogP) is 5.22. The van der Waals surface area contributed by atoms with Crippen LogP contribution in [0.1, 0.15) is 18.1 Å². The normalized spacial score (nSPS) is 10.6. The topological polar surface area (TPSA) is 85.9 Å². The summed E-state index contributed by atoms with van der Waals surface area (Å²) in [4.78, 5) is 12.4. The minimum absolute atomic E-state index is 0.0286. The molecule has 0 atom stereocenters. The SMILES string of the molecule is CCc1ccc(NC(=O)/C(C#N)=C/c2cc(Br)c(OCC#N)c(Br)c2)cc1.